The third-order valence-corrected chi connectivity index (χ3v) is 7.65. The molecule has 3 atom stereocenters. The minimum Gasteiger partial charge on any atom is -0.484 e. The quantitative estimate of drug-likeness (QED) is 0.621. The molecule has 5 rings (SSSR count). The Hall–Kier alpha value is -1.21. The van der Waals surface area contributed by atoms with E-state index in [9.17, 15) is 9.59 Å². The Balaban J connectivity index is 1.24. The van der Waals surface area contributed by atoms with Crippen LogP contribution in [-0.2, 0) is 9.59 Å². The maximum absolute atomic E-state index is 12.8. The fraction of sp³-hybridized carbons (Fsp3) is 0.619. The fourth-order valence-corrected chi connectivity index (χ4v) is 5.67. The summed E-state index contributed by atoms with van der Waals surface area (Å²) in [6, 6.07) is 4.83. The van der Waals surface area contributed by atoms with Gasteiger partial charge in [-0.2, -0.15) is 0 Å². The lowest BCUT2D eigenvalue weighted by Gasteiger charge is -2.42. The van der Waals surface area contributed by atoms with E-state index in [0.29, 0.717) is 21.7 Å². The summed E-state index contributed by atoms with van der Waals surface area (Å²) in [4.78, 5) is 27.2. The van der Waals surface area contributed by atoms with Crippen LogP contribution in [0.1, 0.15) is 32.1 Å². The van der Waals surface area contributed by atoms with Gasteiger partial charge in [0, 0.05) is 29.6 Å². The number of alkyl halides is 1. The summed E-state index contributed by atoms with van der Waals surface area (Å²) in [7, 11) is 1.95. The van der Waals surface area contributed by atoms with E-state index in [2.05, 4.69) is 10.6 Å². The summed E-state index contributed by atoms with van der Waals surface area (Å²) in [6.45, 7) is 0.639. The normalized spacial score (nSPS) is 32.9. The first kappa shape index (κ1) is 22.0. The van der Waals surface area contributed by atoms with Crippen LogP contribution in [0.5, 0.6) is 5.75 Å². The molecule has 6 nitrogen and oxygen atoms in total. The summed E-state index contributed by atoms with van der Waals surface area (Å²) in [5, 5.41) is 7.27. The minimum absolute atomic E-state index is 0.0616. The molecule has 1 aromatic rings. The van der Waals surface area contributed by atoms with Crippen molar-refractivity contribution in [2.75, 3.05) is 20.2 Å². The number of nitrogens with zero attached hydrogens (tertiary/aromatic N) is 1. The number of carbonyl (C=O) groups is 2. The molecule has 3 aliphatic carbocycles. The van der Waals surface area contributed by atoms with Gasteiger partial charge in [-0.3, -0.25) is 14.5 Å². The van der Waals surface area contributed by atoms with Gasteiger partial charge < -0.3 is 15.4 Å². The molecule has 0 aromatic heterocycles. The Morgan fingerprint density at radius 3 is 2.67 bits per heavy atom. The topological polar surface area (TPSA) is 70.7 Å². The Morgan fingerprint density at radius 2 is 1.97 bits per heavy atom. The lowest BCUT2D eigenvalue weighted by atomic mass is 9.76. The number of rotatable bonds is 6. The van der Waals surface area contributed by atoms with Gasteiger partial charge in [0.15, 0.2) is 6.61 Å². The molecule has 1 heterocycles. The van der Waals surface area contributed by atoms with E-state index in [1.807, 2.05) is 11.9 Å². The number of hydrogen-bond acceptors (Lipinski definition) is 4. The number of halogens is 3. The van der Waals surface area contributed by atoms with Crippen molar-refractivity contribution in [3.8, 4) is 5.75 Å². The molecule has 164 valence electrons. The van der Waals surface area contributed by atoms with Crippen molar-refractivity contribution in [2.45, 2.75) is 55.1 Å². The van der Waals surface area contributed by atoms with Gasteiger partial charge in [-0.1, -0.05) is 23.2 Å². The number of ether oxygens (including phenoxy) is 1. The van der Waals surface area contributed by atoms with Gasteiger partial charge in [-0.05, 0) is 57.2 Å². The van der Waals surface area contributed by atoms with Crippen LogP contribution in [0.3, 0.4) is 0 Å². The number of carbonyl (C=O) groups excluding carboxylic acids is 2. The molecule has 4 aliphatic rings. The average Bonchev–Trinajstić information content (AvgIpc) is 3.16. The SMILES string of the molecule is CN1CC(Cl)CCC1C(=O)NC12CC(C1)C(NC(=O)COc1ccc(Cl)c(Cl)c1)C2. The Bertz CT molecular complexity index is 831. The van der Waals surface area contributed by atoms with Crippen molar-refractivity contribution in [2.24, 2.45) is 5.92 Å². The second-order valence-electron chi connectivity index (χ2n) is 8.81. The van der Waals surface area contributed by atoms with E-state index < -0.39 is 0 Å². The van der Waals surface area contributed by atoms with Gasteiger partial charge in [0.1, 0.15) is 5.75 Å². The Labute approximate surface area is 191 Å². The highest BCUT2D eigenvalue weighted by atomic mass is 35.5. The summed E-state index contributed by atoms with van der Waals surface area (Å²) in [6.07, 6.45) is 4.22. The summed E-state index contributed by atoms with van der Waals surface area (Å²) in [5.41, 5.74) is -0.192. The first-order valence-corrected chi connectivity index (χ1v) is 11.5. The molecule has 3 saturated carbocycles. The largest absolute Gasteiger partial charge is 0.484 e. The van der Waals surface area contributed by atoms with Gasteiger partial charge in [0.2, 0.25) is 5.91 Å². The van der Waals surface area contributed by atoms with E-state index in [-0.39, 0.29) is 41.4 Å². The highest BCUT2D eigenvalue weighted by Gasteiger charge is 2.57. The summed E-state index contributed by atoms with van der Waals surface area (Å²) >= 11 is 18.0. The van der Waals surface area contributed by atoms with E-state index in [0.717, 1.165) is 38.6 Å². The standard InChI is InChI=1S/C21H26Cl3N3O3/c1-27-10-13(22)2-5-18(27)20(29)26-21-7-12(8-21)17(9-21)25-19(28)11-30-14-3-4-15(23)16(24)6-14/h3-4,6,12-13,17-18H,2,5,7-11H2,1H3,(H,25,28)(H,26,29). The van der Waals surface area contributed by atoms with Crippen molar-refractivity contribution >= 4 is 46.6 Å². The summed E-state index contributed by atoms with van der Waals surface area (Å²) < 4.78 is 5.51. The molecule has 0 radical (unpaired) electrons. The van der Waals surface area contributed by atoms with Crippen LogP contribution in [0.25, 0.3) is 0 Å². The van der Waals surface area contributed by atoms with Crippen LogP contribution in [0.4, 0.5) is 0 Å². The predicted octanol–water partition coefficient (Wildman–Crippen LogP) is 3.23. The monoisotopic (exact) mass is 473 g/mol. The van der Waals surface area contributed by atoms with E-state index >= 15 is 0 Å². The molecule has 9 heteroatoms. The highest BCUT2D eigenvalue weighted by molar-refractivity contribution is 6.42. The second kappa shape index (κ2) is 8.73. The molecular weight excluding hydrogens is 449 g/mol. The third-order valence-electron chi connectivity index (χ3n) is 6.56. The number of likely N-dealkylation sites (N-methyl/N-ethyl adjacent to an activating group) is 1. The van der Waals surface area contributed by atoms with Gasteiger partial charge >= 0.3 is 0 Å². The molecule has 0 spiro atoms. The smallest absolute Gasteiger partial charge is 0.258 e. The molecule has 4 fully saturated rings. The zero-order valence-corrected chi connectivity index (χ0v) is 19.1. The van der Waals surface area contributed by atoms with Crippen LogP contribution in [-0.4, -0.2) is 59.9 Å². The van der Waals surface area contributed by atoms with Crippen LogP contribution in [0.2, 0.25) is 10.0 Å². The third kappa shape index (κ3) is 4.67. The minimum atomic E-state index is -0.192. The van der Waals surface area contributed by atoms with Crippen LogP contribution >= 0.6 is 34.8 Å². The molecule has 3 unspecified atom stereocenters. The maximum Gasteiger partial charge on any atom is 0.258 e. The van der Waals surface area contributed by atoms with Crippen LogP contribution in [0, 0.1) is 5.92 Å². The van der Waals surface area contributed by atoms with Gasteiger partial charge in [-0.15, -0.1) is 11.6 Å². The van der Waals surface area contributed by atoms with Gasteiger partial charge in [-0.25, -0.2) is 0 Å². The van der Waals surface area contributed by atoms with E-state index in [1.165, 1.54) is 0 Å². The molecular formula is C21H26Cl3N3O3. The van der Waals surface area contributed by atoms with Gasteiger partial charge in [0.05, 0.1) is 16.1 Å². The molecule has 1 aromatic carbocycles. The number of fused-ring (bicyclic) bond motifs is 1. The van der Waals surface area contributed by atoms with Gasteiger partial charge in [0.25, 0.3) is 5.91 Å². The first-order chi connectivity index (χ1) is 14.2. The van der Waals surface area contributed by atoms with Crippen molar-refractivity contribution in [3.63, 3.8) is 0 Å². The number of hydrogen-bond donors (Lipinski definition) is 2. The van der Waals surface area contributed by atoms with Crippen molar-refractivity contribution in [3.05, 3.63) is 28.2 Å². The Kier molecular flexibility index (Phi) is 6.40. The van der Waals surface area contributed by atoms with Crippen molar-refractivity contribution in [1.82, 2.24) is 15.5 Å². The zero-order chi connectivity index (χ0) is 21.5. The molecule has 30 heavy (non-hydrogen) atoms. The number of amides is 2. The highest BCUT2D eigenvalue weighted by Crippen LogP contribution is 2.52. The molecule has 2 bridgehead atoms. The fourth-order valence-electron chi connectivity index (χ4n) is 5.03. The maximum atomic E-state index is 12.8. The van der Waals surface area contributed by atoms with Crippen LogP contribution in [0.15, 0.2) is 18.2 Å². The summed E-state index contributed by atoms with van der Waals surface area (Å²) in [5.74, 6) is 0.792. The molecule has 2 N–H and O–H groups in total. The molecule has 1 saturated heterocycles. The number of likely N-dealkylation sites (tertiary alicyclic amines) is 1. The second-order valence-corrected chi connectivity index (χ2v) is 10.2. The Morgan fingerprint density at radius 1 is 1.20 bits per heavy atom. The number of nitrogens with one attached hydrogen (secondary N) is 2. The van der Waals surface area contributed by atoms with E-state index in [1.54, 1.807) is 18.2 Å². The zero-order valence-electron chi connectivity index (χ0n) is 16.8. The average molecular weight is 475 g/mol. The number of piperidine rings is 1. The molecule has 1 aliphatic heterocycles. The number of benzene rings is 1. The van der Waals surface area contributed by atoms with Crippen molar-refractivity contribution in [1.29, 1.82) is 0 Å². The lowest BCUT2D eigenvalue weighted by molar-refractivity contribution is -0.130. The lowest BCUT2D eigenvalue weighted by Crippen LogP contribution is -2.58. The predicted molar refractivity (Wildman–Crippen MR) is 117 cm³/mol. The van der Waals surface area contributed by atoms with Crippen molar-refractivity contribution < 1.29 is 14.3 Å². The van der Waals surface area contributed by atoms with E-state index in [4.69, 9.17) is 39.5 Å². The molecule has 2 amide bonds. The first-order valence-electron chi connectivity index (χ1n) is 10.3. The van der Waals surface area contributed by atoms with Crippen LogP contribution < -0.4 is 15.4 Å².